The minimum atomic E-state index is -1.03. The molecule has 1 fully saturated rings. The molecule has 10 heteroatoms. The number of esters is 1. The summed E-state index contributed by atoms with van der Waals surface area (Å²) in [5, 5.41) is 3.25. The third-order valence-corrected chi connectivity index (χ3v) is 4.65. The summed E-state index contributed by atoms with van der Waals surface area (Å²) >= 11 is 0. The van der Waals surface area contributed by atoms with E-state index in [1.165, 1.54) is 0 Å². The minimum Gasteiger partial charge on any atom is -0.454 e. The van der Waals surface area contributed by atoms with Crippen molar-refractivity contribution in [1.82, 2.24) is 10.2 Å². The number of amidine groups is 1. The Labute approximate surface area is 181 Å². The van der Waals surface area contributed by atoms with E-state index >= 15 is 0 Å². The second kappa shape index (κ2) is 12.8. The van der Waals surface area contributed by atoms with Crippen molar-refractivity contribution in [2.45, 2.75) is 20.8 Å². The zero-order chi connectivity index (χ0) is 22.1. The van der Waals surface area contributed by atoms with Crippen molar-refractivity contribution in [3.8, 4) is 0 Å². The number of piperazine rings is 1. The molecule has 2 rings (SSSR count). The lowest BCUT2D eigenvalue weighted by atomic mass is 10.1. The number of nitrogens with zero attached hydrogens (tertiary/aromatic N) is 2. The Morgan fingerprint density at radius 2 is 1.81 bits per heavy atom. The van der Waals surface area contributed by atoms with E-state index in [9.17, 15) is 18.4 Å². The highest BCUT2D eigenvalue weighted by atomic mass is 19.1. The van der Waals surface area contributed by atoms with Gasteiger partial charge in [-0.15, -0.1) is 0 Å². The van der Waals surface area contributed by atoms with E-state index in [1.54, 1.807) is 6.92 Å². The van der Waals surface area contributed by atoms with Gasteiger partial charge in [0.25, 0.3) is 0 Å². The summed E-state index contributed by atoms with van der Waals surface area (Å²) < 4.78 is 32.4. The summed E-state index contributed by atoms with van der Waals surface area (Å²) in [6.45, 7) is 5.48. The van der Waals surface area contributed by atoms with Crippen LogP contribution in [0.15, 0.2) is 34.5 Å². The maximum Gasteiger partial charge on any atom is 0.344 e. The first-order valence-corrected chi connectivity index (χ1v) is 9.71. The number of nitrogens with two attached hydrogens (primary N) is 2. The average molecular weight is 440 g/mol. The molecule has 1 heterocycles. The van der Waals surface area contributed by atoms with Crippen LogP contribution in [-0.4, -0.2) is 68.4 Å². The number of carbonyl (C=O) groups is 2. The molecule has 0 aliphatic carbocycles. The van der Waals surface area contributed by atoms with Gasteiger partial charge in [-0.05, 0) is 18.6 Å². The summed E-state index contributed by atoms with van der Waals surface area (Å²) in [6, 6.07) is 3.02. The first-order chi connectivity index (χ1) is 14.3. The maximum absolute atomic E-state index is 13.7. The van der Waals surface area contributed by atoms with E-state index in [-0.39, 0.29) is 24.5 Å². The molecule has 0 bridgehead atoms. The molecular formula is C21H31F2N5O3. The van der Waals surface area contributed by atoms with E-state index < -0.39 is 35.6 Å². The van der Waals surface area contributed by atoms with Crippen molar-refractivity contribution >= 4 is 17.6 Å². The summed E-state index contributed by atoms with van der Waals surface area (Å²) in [6.07, 6.45) is 0.300. The Balaban J connectivity index is 0.00000480. The third-order valence-electron chi connectivity index (χ3n) is 4.65. The number of rotatable bonds is 9. The van der Waals surface area contributed by atoms with Gasteiger partial charge in [0.05, 0.1) is 12.1 Å². The molecule has 0 radical (unpaired) electrons. The molecule has 0 aromatic heterocycles. The van der Waals surface area contributed by atoms with Gasteiger partial charge < -0.3 is 21.5 Å². The maximum atomic E-state index is 13.7. The number of aliphatic imine (C=N–C) groups is 1. The van der Waals surface area contributed by atoms with Gasteiger partial charge >= 0.3 is 5.97 Å². The van der Waals surface area contributed by atoms with Gasteiger partial charge in [0, 0.05) is 38.4 Å². The van der Waals surface area contributed by atoms with Crippen LogP contribution < -0.4 is 16.8 Å². The first-order valence-electron chi connectivity index (χ1n) is 9.71. The predicted octanol–water partition coefficient (Wildman–Crippen LogP) is 1.21. The molecule has 0 amide bonds. The van der Waals surface area contributed by atoms with Gasteiger partial charge in [0.1, 0.15) is 23.0 Å². The number of halogens is 2. The van der Waals surface area contributed by atoms with Crippen molar-refractivity contribution in [1.29, 1.82) is 0 Å². The standard InChI is InChI=1S/C20H27F2N5O3.CH4/c1-2-15(23)18(19(24)26-8-11-27-9-6-25-7-10-27)20(29)30-12-16(28)17-13(21)4-3-5-14(17)22;/h3-5,25H,2,6-12,23H2,1H3,(H2,24,26);1H4. The number of hydrogen-bond donors (Lipinski definition) is 3. The second-order valence-corrected chi connectivity index (χ2v) is 6.71. The molecule has 0 saturated carbocycles. The van der Waals surface area contributed by atoms with E-state index in [1.807, 2.05) is 0 Å². The highest BCUT2D eigenvalue weighted by molar-refractivity contribution is 6.19. The average Bonchev–Trinajstić information content (AvgIpc) is 2.73. The van der Waals surface area contributed by atoms with Gasteiger partial charge in [0.15, 0.2) is 6.61 Å². The molecule has 31 heavy (non-hydrogen) atoms. The molecule has 172 valence electrons. The van der Waals surface area contributed by atoms with Crippen LogP contribution in [-0.2, 0) is 9.53 Å². The molecular weight excluding hydrogens is 408 g/mol. The molecule has 0 unspecified atom stereocenters. The molecule has 1 aromatic rings. The van der Waals surface area contributed by atoms with Crippen LogP contribution in [0.1, 0.15) is 31.1 Å². The highest BCUT2D eigenvalue weighted by Crippen LogP contribution is 2.14. The number of nitrogens with one attached hydrogen (secondary N) is 1. The van der Waals surface area contributed by atoms with Crippen LogP contribution in [0.4, 0.5) is 8.78 Å². The van der Waals surface area contributed by atoms with Crippen LogP contribution in [0.2, 0.25) is 0 Å². The quantitative estimate of drug-likeness (QED) is 0.174. The molecule has 8 nitrogen and oxygen atoms in total. The Hall–Kier alpha value is -2.85. The molecule has 1 saturated heterocycles. The summed E-state index contributed by atoms with van der Waals surface area (Å²) in [5.41, 5.74) is 11.1. The van der Waals surface area contributed by atoms with Crippen LogP contribution in [0.3, 0.4) is 0 Å². The van der Waals surface area contributed by atoms with Gasteiger partial charge in [-0.3, -0.25) is 14.7 Å². The largest absolute Gasteiger partial charge is 0.454 e. The Bertz CT molecular complexity index is 816. The summed E-state index contributed by atoms with van der Waals surface area (Å²) in [4.78, 5) is 31.0. The lowest BCUT2D eigenvalue weighted by molar-refractivity contribution is -0.137. The van der Waals surface area contributed by atoms with E-state index in [2.05, 4.69) is 15.2 Å². The molecule has 1 aliphatic rings. The monoisotopic (exact) mass is 439 g/mol. The van der Waals surface area contributed by atoms with Crippen molar-refractivity contribution in [3.05, 3.63) is 46.7 Å². The van der Waals surface area contributed by atoms with Gasteiger partial charge in [-0.1, -0.05) is 20.4 Å². The molecule has 1 aliphatic heterocycles. The van der Waals surface area contributed by atoms with Crippen LogP contribution in [0, 0.1) is 11.6 Å². The fourth-order valence-electron chi connectivity index (χ4n) is 2.94. The van der Waals surface area contributed by atoms with Crippen LogP contribution in [0.25, 0.3) is 0 Å². The summed E-state index contributed by atoms with van der Waals surface area (Å²) in [7, 11) is 0. The van der Waals surface area contributed by atoms with Crippen LogP contribution in [0.5, 0.6) is 0 Å². The zero-order valence-electron chi connectivity index (χ0n) is 16.9. The number of allylic oxidation sites excluding steroid dienone is 1. The van der Waals surface area contributed by atoms with Crippen molar-refractivity contribution in [2.75, 3.05) is 45.9 Å². The Morgan fingerprint density at radius 1 is 1.19 bits per heavy atom. The lowest BCUT2D eigenvalue weighted by Crippen LogP contribution is -2.44. The van der Waals surface area contributed by atoms with Crippen molar-refractivity contribution < 1.29 is 23.1 Å². The molecule has 5 N–H and O–H groups in total. The third kappa shape index (κ3) is 7.41. The number of ketones is 1. The fourth-order valence-corrected chi connectivity index (χ4v) is 2.94. The number of hydrogen-bond acceptors (Lipinski definition) is 7. The lowest BCUT2D eigenvalue weighted by Gasteiger charge is -2.26. The number of ether oxygens (including phenoxy) is 1. The number of benzene rings is 1. The molecule has 1 aromatic carbocycles. The smallest absolute Gasteiger partial charge is 0.344 e. The Kier molecular flexibility index (Phi) is 10.8. The summed E-state index contributed by atoms with van der Waals surface area (Å²) in [5.74, 6) is -4.15. The molecule has 0 atom stereocenters. The predicted molar refractivity (Wildman–Crippen MR) is 116 cm³/mol. The minimum absolute atomic E-state index is 0. The zero-order valence-corrected chi connectivity index (χ0v) is 16.9. The van der Waals surface area contributed by atoms with Gasteiger partial charge in [-0.25, -0.2) is 13.6 Å². The van der Waals surface area contributed by atoms with Crippen molar-refractivity contribution in [2.24, 2.45) is 16.5 Å². The van der Waals surface area contributed by atoms with E-state index in [0.717, 1.165) is 44.4 Å². The van der Waals surface area contributed by atoms with Gasteiger partial charge in [-0.2, -0.15) is 0 Å². The SMILES string of the molecule is C.CCC(N)=C(C(=O)OCC(=O)c1c(F)cccc1F)C(N)=NCCN1CCNCC1. The van der Waals surface area contributed by atoms with E-state index in [4.69, 9.17) is 16.2 Å². The first kappa shape index (κ1) is 26.2. The normalized spacial score (nSPS) is 15.6. The van der Waals surface area contributed by atoms with Gasteiger partial charge in [0.2, 0.25) is 5.78 Å². The number of carbonyl (C=O) groups excluding carboxylic acids is 2. The number of Topliss-reactive ketones (excluding diaryl/α,β-unsaturated/α-hetero) is 1. The second-order valence-electron chi connectivity index (χ2n) is 6.71. The van der Waals surface area contributed by atoms with E-state index in [0.29, 0.717) is 19.5 Å². The highest BCUT2D eigenvalue weighted by Gasteiger charge is 2.23. The topological polar surface area (TPSA) is 123 Å². The van der Waals surface area contributed by atoms with Crippen molar-refractivity contribution in [3.63, 3.8) is 0 Å². The fraction of sp³-hybridized carbons (Fsp3) is 0.476. The van der Waals surface area contributed by atoms with Crippen LogP contribution >= 0.6 is 0 Å². The molecule has 0 spiro atoms. The Morgan fingerprint density at radius 3 is 2.39 bits per heavy atom.